The number of nitrogens with one attached hydrogen (secondary N) is 1. The van der Waals surface area contributed by atoms with E-state index in [0.29, 0.717) is 16.9 Å². The second kappa shape index (κ2) is 7.52. The van der Waals surface area contributed by atoms with E-state index in [1.807, 2.05) is 0 Å². The van der Waals surface area contributed by atoms with Gasteiger partial charge in [0.05, 0.1) is 0 Å². The van der Waals surface area contributed by atoms with Crippen molar-refractivity contribution >= 4 is 22.8 Å². The fourth-order valence-electron chi connectivity index (χ4n) is 2.37. The number of rotatable bonds is 6. The molecule has 0 saturated carbocycles. The van der Waals surface area contributed by atoms with Crippen LogP contribution < -0.4 is 21.4 Å². The Morgan fingerprint density at radius 1 is 1.08 bits per heavy atom. The van der Waals surface area contributed by atoms with Gasteiger partial charge in [-0.3, -0.25) is 9.59 Å². The average Bonchev–Trinajstić information content (AvgIpc) is 2.64. The first kappa shape index (κ1) is 17.2. The summed E-state index contributed by atoms with van der Waals surface area (Å²) in [4.78, 5) is 34.3. The van der Waals surface area contributed by atoms with Gasteiger partial charge < -0.3 is 20.2 Å². The molecule has 7 nitrogen and oxygen atoms in total. The van der Waals surface area contributed by atoms with Crippen molar-refractivity contribution in [3.8, 4) is 5.75 Å². The van der Waals surface area contributed by atoms with E-state index in [0.717, 1.165) is 10.9 Å². The third kappa shape index (κ3) is 4.27. The van der Waals surface area contributed by atoms with Crippen molar-refractivity contribution in [3.05, 3.63) is 76.1 Å². The SMILES string of the molecule is NC(=O)c1cccc(CNC(=O)COc2ccc3ccc(=O)oc3c2)c1. The van der Waals surface area contributed by atoms with Crippen molar-refractivity contribution in [2.45, 2.75) is 6.54 Å². The van der Waals surface area contributed by atoms with Gasteiger partial charge in [-0.1, -0.05) is 12.1 Å². The summed E-state index contributed by atoms with van der Waals surface area (Å²) >= 11 is 0. The van der Waals surface area contributed by atoms with E-state index < -0.39 is 11.5 Å². The minimum absolute atomic E-state index is 0.196. The first-order valence-electron chi connectivity index (χ1n) is 7.83. The van der Waals surface area contributed by atoms with Crippen LogP contribution in [0.15, 0.2) is 63.8 Å². The fraction of sp³-hybridized carbons (Fsp3) is 0.105. The van der Waals surface area contributed by atoms with Crippen LogP contribution in [0.25, 0.3) is 11.0 Å². The van der Waals surface area contributed by atoms with Crippen LogP contribution in [0.2, 0.25) is 0 Å². The summed E-state index contributed by atoms with van der Waals surface area (Å²) < 4.78 is 10.5. The van der Waals surface area contributed by atoms with Gasteiger partial charge in [0.25, 0.3) is 5.91 Å². The van der Waals surface area contributed by atoms with Crippen LogP contribution in [0.4, 0.5) is 0 Å². The monoisotopic (exact) mass is 352 g/mol. The Labute approximate surface area is 148 Å². The van der Waals surface area contributed by atoms with Gasteiger partial charge in [0.2, 0.25) is 5.91 Å². The first-order valence-corrected chi connectivity index (χ1v) is 7.83. The lowest BCUT2D eigenvalue weighted by Gasteiger charge is -2.08. The Hall–Kier alpha value is -3.61. The van der Waals surface area contributed by atoms with E-state index in [4.69, 9.17) is 14.9 Å². The van der Waals surface area contributed by atoms with Gasteiger partial charge >= 0.3 is 5.63 Å². The quantitative estimate of drug-likeness (QED) is 0.654. The lowest BCUT2D eigenvalue weighted by Crippen LogP contribution is -2.28. The maximum Gasteiger partial charge on any atom is 0.336 e. The Morgan fingerprint density at radius 3 is 2.69 bits per heavy atom. The van der Waals surface area contributed by atoms with Crippen LogP contribution in [-0.2, 0) is 11.3 Å². The van der Waals surface area contributed by atoms with Crippen molar-refractivity contribution < 1.29 is 18.7 Å². The number of hydrogen-bond acceptors (Lipinski definition) is 5. The number of carbonyl (C=O) groups is 2. The predicted octanol–water partition coefficient (Wildman–Crippen LogP) is 1.59. The minimum atomic E-state index is -0.524. The third-order valence-corrected chi connectivity index (χ3v) is 3.67. The van der Waals surface area contributed by atoms with Gasteiger partial charge in [0.1, 0.15) is 11.3 Å². The van der Waals surface area contributed by atoms with Crippen LogP contribution in [0, 0.1) is 0 Å². The lowest BCUT2D eigenvalue weighted by atomic mass is 10.1. The lowest BCUT2D eigenvalue weighted by molar-refractivity contribution is -0.123. The average molecular weight is 352 g/mol. The highest BCUT2D eigenvalue weighted by Gasteiger charge is 2.06. The molecule has 132 valence electrons. The van der Waals surface area contributed by atoms with Crippen LogP contribution in [0.5, 0.6) is 5.75 Å². The van der Waals surface area contributed by atoms with Crippen molar-refractivity contribution in [2.75, 3.05) is 6.61 Å². The zero-order valence-corrected chi connectivity index (χ0v) is 13.7. The number of carbonyl (C=O) groups excluding carboxylic acids is 2. The molecule has 2 amide bonds. The van der Waals surface area contributed by atoms with Gasteiger partial charge in [-0.05, 0) is 35.9 Å². The molecule has 3 rings (SSSR count). The van der Waals surface area contributed by atoms with E-state index in [1.54, 1.807) is 48.5 Å². The second-order valence-electron chi connectivity index (χ2n) is 5.58. The minimum Gasteiger partial charge on any atom is -0.484 e. The number of fused-ring (bicyclic) bond motifs is 1. The molecular formula is C19H16N2O5. The molecule has 0 aliphatic rings. The fourth-order valence-corrected chi connectivity index (χ4v) is 2.37. The smallest absolute Gasteiger partial charge is 0.336 e. The molecule has 0 radical (unpaired) electrons. The molecule has 7 heteroatoms. The summed E-state index contributed by atoms with van der Waals surface area (Å²) in [7, 11) is 0. The molecule has 0 atom stereocenters. The Morgan fingerprint density at radius 2 is 1.88 bits per heavy atom. The Bertz CT molecular complexity index is 1030. The number of benzene rings is 2. The van der Waals surface area contributed by atoms with Crippen LogP contribution in [-0.4, -0.2) is 18.4 Å². The van der Waals surface area contributed by atoms with Gasteiger partial charge in [-0.2, -0.15) is 0 Å². The summed E-state index contributed by atoms with van der Waals surface area (Å²) in [5.41, 5.74) is 6.29. The highest BCUT2D eigenvalue weighted by Crippen LogP contribution is 2.19. The normalized spacial score (nSPS) is 10.5. The predicted molar refractivity (Wildman–Crippen MR) is 94.8 cm³/mol. The molecule has 0 fully saturated rings. The highest BCUT2D eigenvalue weighted by molar-refractivity contribution is 5.92. The highest BCUT2D eigenvalue weighted by atomic mass is 16.5. The molecule has 1 aromatic heterocycles. The number of primary amides is 1. The van der Waals surface area contributed by atoms with Gasteiger partial charge in [0.15, 0.2) is 6.61 Å². The Balaban J connectivity index is 1.56. The number of ether oxygens (including phenoxy) is 1. The molecule has 0 aliphatic heterocycles. The Kier molecular flexibility index (Phi) is 4.98. The number of amides is 2. The number of hydrogen-bond donors (Lipinski definition) is 2. The largest absolute Gasteiger partial charge is 0.484 e. The summed E-state index contributed by atoms with van der Waals surface area (Å²) in [6.45, 7) is 0.0496. The van der Waals surface area contributed by atoms with Crippen LogP contribution in [0.1, 0.15) is 15.9 Å². The van der Waals surface area contributed by atoms with E-state index in [2.05, 4.69) is 5.32 Å². The molecule has 0 aliphatic carbocycles. The van der Waals surface area contributed by atoms with E-state index >= 15 is 0 Å². The molecule has 0 bridgehead atoms. The third-order valence-electron chi connectivity index (χ3n) is 3.67. The van der Waals surface area contributed by atoms with E-state index in [1.165, 1.54) is 6.07 Å². The van der Waals surface area contributed by atoms with Crippen molar-refractivity contribution in [1.82, 2.24) is 5.32 Å². The molecule has 3 N–H and O–H groups in total. The van der Waals surface area contributed by atoms with Gasteiger partial charge in [-0.25, -0.2) is 4.79 Å². The summed E-state index contributed by atoms with van der Waals surface area (Å²) in [6, 6.07) is 14.7. The first-order chi connectivity index (χ1) is 12.5. The maximum atomic E-state index is 11.9. The standard InChI is InChI=1S/C19H16N2O5/c20-19(24)14-3-1-2-12(8-14)10-21-17(22)11-25-15-6-4-13-5-7-18(23)26-16(13)9-15/h1-9H,10-11H2,(H2,20,24)(H,21,22). The molecule has 26 heavy (non-hydrogen) atoms. The molecule has 0 unspecified atom stereocenters. The zero-order valence-electron chi connectivity index (χ0n) is 13.7. The van der Waals surface area contributed by atoms with Crippen molar-refractivity contribution in [2.24, 2.45) is 5.73 Å². The van der Waals surface area contributed by atoms with E-state index in [-0.39, 0.29) is 19.1 Å². The molecule has 2 aromatic carbocycles. The van der Waals surface area contributed by atoms with Crippen molar-refractivity contribution in [1.29, 1.82) is 0 Å². The zero-order chi connectivity index (χ0) is 18.5. The molecule has 0 spiro atoms. The van der Waals surface area contributed by atoms with Crippen LogP contribution in [0.3, 0.4) is 0 Å². The second-order valence-corrected chi connectivity index (χ2v) is 5.58. The topological polar surface area (TPSA) is 112 Å². The van der Waals surface area contributed by atoms with Gasteiger partial charge in [-0.15, -0.1) is 0 Å². The van der Waals surface area contributed by atoms with Gasteiger partial charge in [0, 0.05) is 29.6 Å². The molecule has 3 aromatic rings. The molecule has 0 saturated heterocycles. The number of nitrogens with two attached hydrogens (primary N) is 1. The molecule has 1 heterocycles. The maximum absolute atomic E-state index is 11.9. The molecular weight excluding hydrogens is 336 g/mol. The summed E-state index contributed by atoms with van der Waals surface area (Å²) in [5.74, 6) is -0.439. The van der Waals surface area contributed by atoms with Crippen LogP contribution >= 0.6 is 0 Å². The van der Waals surface area contributed by atoms with Crippen molar-refractivity contribution in [3.63, 3.8) is 0 Å². The summed E-state index contributed by atoms with van der Waals surface area (Å²) in [5, 5.41) is 3.45. The van der Waals surface area contributed by atoms with E-state index in [9.17, 15) is 14.4 Å². The summed E-state index contributed by atoms with van der Waals surface area (Å²) in [6.07, 6.45) is 0.